The van der Waals surface area contributed by atoms with E-state index in [1.807, 2.05) is 43.5 Å². The summed E-state index contributed by atoms with van der Waals surface area (Å²) >= 11 is 1.56. The highest BCUT2D eigenvalue weighted by Crippen LogP contribution is 2.11. The van der Waals surface area contributed by atoms with Crippen LogP contribution in [0.25, 0.3) is 0 Å². The molecule has 2 rings (SSSR count). The minimum atomic E-state index is -0.0249. The Morgan fingerprint density at radius 3 is 2.95 bits per heavy atom. The van der Waals surface area contributed by atoms with Crippen LogP contribution in [0.4, 0.5) is 0 Å². The number of rotatable bonds is 6. The van der Waals surface area contributed by atoms with Crippen molar-refractivity contribution in [2.24, 2.45) is 0 Å². The summed E-state index contributed by atoms with van der Waals surface area (Å²) in [6, 6.07) is 7.85. The predicted octanol–water partition coefficient (Wildman–Crippen LogP) is 2.50. The normalized spacial score (nSPS) is 10.3. The van der Waals surface area contributed by atoms with Gasteiger partial charge in [0.05, 0.1) is 23.7 Å². The number of thiazole rings is 1. The van der Waals surface area contributed by atoms with Crippen LogP contribution in [0.3, 0.4) is 0 Å². The first-order chi connectivity index (χ1) is 9.63. The van der Waals surface area contributed by atoms with Gasteiger partial charge >= 0.3 is 0 Å². The summed E-state index contributed by atoms with van der Waals surface area (Å²) in [7, 11) is 0. The first-order valence-electron chi connectivity index (χ1n) is 6.50. The Hall–Kier alpha value is -1.88. The lowest BCUT2D eigenvalue weighted by atomic mass is 10.2. The highest BCUT2D eigenvalue weighted by Gasteiger charge is 2.05. The van der Waals surface area contributed by atoms with Crippen LogP contribution in [-0.2, 0) is 11.2 Å². The molecule has 0 saturated carbocycles. The zero-order chi connectivity index (χ0) is 14.4. The lowest BCUT2D eigenvalue weighted by Gasteiger charge is -2.07. The van der Waals surface area contributed by atoms with E-state index in [9.17, 15) is 4.79 Å². The monoisotopic (exact) mass is 290 g/mol. The van der Waals surface area contributed by atoms with Gasteiger partial charge in [-0.2, -0.15) is 0 Å². The van der Waals surface area contributed by atoms with E-state index in [2.05, 4.69) is 10.3 Å². The lowest BCUT2D eigenvalue weighted by molar-refractivity contribution is -0.120. The minimum absolute atomic E-state index is 0.0249. The van der Waals surface area contributed by atoms with Crippen LogP contribution in [0.15, 0.2) is 29.6 Å². The number of nitrogens with zero attached hydrogens (tertiary/aromatic N) is 1. The number of amides is 1. The number of benzene rings is 1. The number of nitrogens with one attached hydrogen (secondary N) is 1. The van der Waals surface area contributed by atoms with Crippen LogP contribution in [0.5, 0.6) is 5.75 Å². The van der Waals surface area contributed by atoms with Gasteiger partial charge in [-0.3, -0.25) is 4.79 Å². The minimum Gasteiger partial charge on any atom is -0.492 e. The molecule has 0 atom stereocenters. The van der Waals surface area contributed by atoms with E-state index < -0.39 is 0 Å². The number of hydrogen-bond acceptors (Lipinski definition) is 4. The molecule has 0 bridgehead atoms. The Bertz CT molecular complexity index is 581. The van der Waals surface area contributed by atoms with Gasteiger partial charge in [0.15, 0.2) is 0 Å². The fraction of sp³-hybridized carbons (Fsp3) is 0.333. The van der Waals surface area contributed by atoms with E-state index in [0.717, 1.165) is 22.0 Å². The summed E-state index contributed by atoms with van der Waals surface area (Å²) in [6.45, 7) is 4.91. The summed E-state index contributed by atoms with van der Waals surface area (Å²) in [6.07, 6.45) is 0.328. The summed E-state index contributed by atoms with van der Waals surface area (Å²) in [4.78, 5) is 15.9. The van der Waals surface area contributed by atoms with Gasteiger partial charge in [-0.15, -0.1) is 11.3 Å². The van der Waals surface area contributed by atoms with E-state index in [0.29, 0.717) is 19.6 Å². The molecule has 1 aromatic heterocycles. The Morgan fingerprint density at radius 1 is 1.40 bits per heavy atom. The van der Waals surface area contributed by atoms with Crippen molar-refractivity contribution in [2.75, 3.05) is 13.2 Å². The predicted molar refractivity (Wildman–Crippen MR) is 80.2 cm³/mol. The molecule has 0 aliphatic carbocycles. The first kappa shape index (κ1) is 14.5. The van der Waals surface area contributed by atoms with Gasteiger partial charge in [-0.1, -0.05) is 12.1 Å². The van der Waals surface area contributed by atoms with Crippen LogP contribution in [0.2, 0.25) is 0 Å². The van der Waals surface area contributed by atoms with Crippen molar-refractivity contribution in [3.8, 4) is 5.75 Å². The molecule has 0 saturated heterocycles. The molecule has 0 fully saturated rings. The molecule has 4 nitrogen and oxygen atoms in total. The molecule has 20 heavy (non-hydrogen) atoms. The second-order valence-corrected chi connectivity index (χ2v) is 5.61. The molecule has 0 spiro atoms. The van der Waals surface area contributed by atoms with E-state index >= 15 is 0 Å². The van der Waals surface area contributed by atoms with Crippen LogP contribution in [0, 0.1) is 13.8 Å². The standard InChI is InChI=1S/C15H18N2O2S/c1-11-4-3-5-14(8-11)19-7-6-16-15(18)9-13-10-20-12(2)17-13/h3-5,8,10H,6-7,9H2,1-2H3,(H,16,18). The highest BCUT2D eigenvalue weighted by atomic mass is 32.1. The molecule has 2 aromatic rings. The third kappa shape index (κ3) is 4.66. The van der Waals surface area contributed by atoms with Gasteiger partial charge in [0.1, 0.15) is 12.4 Å². The average molecular weight is 290 g/mol. The van der Waals surface area contributed by atoms with Crippen molar-refractivity contribution in [1.82, 2.24) is 10.3 Å². The summed E-state index contributed by atoms with van der Waals surface area (Å²) in [5.74, 6) is 0.803. The van der Waals surface area contributed by atoms with Gasteiger partial charge in [0.25, 0.3) is 0 Å². The number of hydrogen-bond donors (Lipinski definition) is 1. The van der Waals surface area contributed by atoms with Crippen molar-refractivity contribution in [2.45, 2.75) is 20.3 Å². The Kier molecular flexibility index (Phi) is 5.12. The topological polar surface area (TPSA) is 51.2 Å². The maximum Gasteiger partial charge on any atom is 0.226 e. The average Bonchev–Trinajstić information content (AvgIpc) is 2.80. The summed E-state index contributed by atoms with van der Waals surface area (Å²) in [5, 5.41) is 5.72. The summed E-state index contributed by atoms with van der Waals surface area (Å²) in [5.41, 5.74) is 1.98. The molecule has 1 amide bonds. The van der Waals surface area contributed by atoms with Crippen LogP contribution < -0.4 is 10.1 Å². The largest absolute Gasteiger partial charge is 0.492 e. The maximum atomic E-state index is 11.7. The Labute approximate surface area is 122 Å². The number of aryl methyl sites for hydroxylation is 2. The summed E-state index contributed by atoms with van der Waals surface area (Å²) < 4.78 is 5.56. The maximum absolute atomic E-state index is 11.7. The Morgan fingerprint density at radius 2 is 2.25 bits per heavy atom. The van der Waals surface area contributed by atoms with E-state index in [1.165, 1.54) is 0 Å². The number of carbonyl (C=O) groups excluding carboxylic acids is 1. The fourth-order valence-corrected chi connectivity index (χ4v) is 2.39. The van der Waals surface area contributed by atoms with Crippen molar-refractivity contribution in [1.29, 1.82) is 0 Å². The van der Waals surface area contributed by atoms with Crippen molar-refractivity contribution < 1.29 is 9.53 Å². The molecule has 1 N–H and O–H groups in total. The van der Waals surface area contributed by atoms with Crippen LogP contribution in [0.1, 0.15) is 16.3 Å². The number of carbonyl (C=O) groups is 1. The molecule has 0 aliphatic heterocycles. The molecule has 1 heterocycles. The first-order valence-corrected chi connectivity index (χ1v) is 7.38. The zero-order valence-corrected chi connectivity index (χ0v) is 12.5. The second-order valence-electron chi connectivity index (χ2n) is 4.55. The number of ether oxygens (including phenoxy) is 1. The van der Waals surface area contributed by atoms with E-state index in [4.69, 9.17) is 4.74 Å². The molecular weight excluding hydrogens is 272 g/mol. The lowest BCUT2D eigenvalue weighted by Crippen LogP contribution is -2.29. The van der Waals surface area contributed by atoms with Gasteiger partial charge in [-0.25, -0.2) is 4.98 Å². The molecule has 0 unspecified atom stereocenters. The van der Waals surface area contributed by atoms with Crippen molar-refractivity contribution in [3.05, 3.63) is 45.9 Å². The SMILES string of the molecule is Cc1cccc(OCCNC(=O)Cc2csc(C)n2)c1. The molecule has 1 aromatic carbocycles. The van der Waals surface area contributed by atoms with Gasteiger partial charge in [0.2, 0.25) is 5.91 Å². The van der Waals surface area contributed by atoms with Crippen molar-refractivity contribution >= 4 is 17.2 Å². The smallest absolute Gasteiger partial charge is 0.226 e. The second kappa shape index (κ2) is 7.05. The molecule has 106 valence electrons. The molecule has 5 heteroatoms. The quantitative estimate of drug-likeness (QED) is 0.832. The zero-order valence-electron chi connectivity index (χ0n) is 11.7. The van der Waals surface area contributed by atoms with Gasteiger partial charge in [-0.05, 0) is 31.5 Å². The van der Waals surface area contributed by atoms with Gasteiger partial charge in [0, 0.05) is 5.38 Å². The number of aromatic nitrogens is 1. The van der Waals surface area contributed by atoms with E-state index in [-0.39, 0.29) is 5.91 Å². The molecule has 0 aliphatic rings. The molecular formula is C15H18N2O2S. The highest BCUT2D eigenvalue weighted by molar-refractivity contribution is 7.09. The Balaban J connectivity index is 1.67. The third-order valence-electron chi connectivity index (χ3n) is 2.69. The fourth-order valence-electron chi connectivity index (χ4n) is 1.78. The third-order valence-corrected chi connectivity index (χ3v) is 3.51. The van der Waals surface area contributed by atoms with Crippen LogP contribution in [-0.4, -0.2) is 24.0 Å². The molecule has 0 radical (unpaired) electrons. The van der Waals surface area contributed by atoms with E-state index in [1.54, 1.807) is 11.3 Å². The van der Waals surface area contributed by atoms with Gasteiger partial charge < -0.3 is 10.1 Å². The van der Waals surface area contributed by atoms with Crippen molar-refractivity contribution in [3.63, 3.8) is 0 Å². The van der Waals surface area contributed by atoms with Crippen LogP contribution >= 0.6 is 11.3 Å².